The van der Waals surface area contributed by atoms with Gasteiger partial charge in [-0.15, -0.1) is 0 Å². The van der Waals surface area contributed by atoms with Crippen molar-refractivity contribution in [1.29, 1.82) is 0 Å². The predicted molar refractivity (Wildman–Crippen MR) is 95.4 cm³/mol. The van der Waals surface area contributed by atoms with Crippen LogP contribution >= 0.6 is 11.6 Å². The lowest BCUT2D eigenvalue weighted by Gasteiger charge is -2.18. The molecule has 1 aliphatic rings. The molecule has 1 amide bonds. The molecule has 0 unspecified atom stereocenters. The summed E-state index contributed by atoms with van der Waals surface area (Å²) in [6.45, 7) is 4.66. The number of hydrogen-bond acceptors (Lipinski definition) is 4. The molecule has 0 saturated carbocycles. The number of methoxy groups -OCH3 is 1. The lowest BCUT2D eigenvalue weighted by molar-refractivity contribution is 0.0748. The summed E-state index contributed by atoms with van der Waals surface area (Å²) in [4.78, 5) is 14.5. The van der Waals surface area contributed by atoms with E-state index >= 15 is 0 Å². The lowest BCUT2D eigenvalue weighted by Crippen LogP contribution is -2.25. The number of carbonyl (C=O) groups is 1. The molecule has 1 aliphatic heterocycles. The molecule has 132 valence electrons. The number of rotatable bonds is 3. The molecule has 0 bridgehead atoms. The summed E-state index contributed by atoms with van der Waals surface area (Å²) < 4.78 is 5.22. The van der Waals surface area contributed by atoms with E-state index in [-0.39, 0.29) is 28.9 Å². The molecule has 6 heteroatoms. The smallest absolute Gasteiger partial charge is 0.258 e. The van der Waals surface area contributed by atoms with Crippen molar-refractivity contribution < 1.29 is 19.7 Å². The zero-order valence-corrected chi connectivity index (χ0v) is 15.1. The van der Waals surface area contributed by atoms with Crippen molar-refractivity contribution in [3.63, 3.8) is 0 Å². The maximum Gasteiger partial charge on any atom is 0.258 e. The van der Waals surface area contributed by atoms with Gasteiger partial charge in [0.05, 0.1) is 17.7 Å². The van der Waals surface area contributed by atoms with Crippen LogP contribution in [0.2, 0.25) is 5.02 Å². The van der Waals surface area contributed by atoms with Gasteiger partial charge < -0.3 is 19.8 Å². The Kier molecular flexibility index (Phi) is 4.52. The van der Waals surface area contributed by atoms with Crippen LogP contribution < -0.4 is 4.74 Å². The van der Waals surface area contributed by atoms with Gasteiger partial charge in [0.1, 0.15) is 17.2 Å². The van der Waals surface area contributed by atoms with Crippen LogP contribution in [0.4, 0.5) is 0 Å². The molecular weight excluding hydrogens is 342 g/mol. The van der Waals surface area contributed by atoms with E-state index in [1.54, 1.807) is 24.1 Å². The molecule has 0 aliphatic carbocycles. The number of carbonyl (C=O) groups excluding carboxylic acids is 1. The fourth-order valence-electron chi connectivity index (χ4n) is 3.10. The molecule has 0 spiro atoms. The minimum Gasteiger partial charge on any atom is -0.508 e. The van der Waals surface area contributed by atoms with Gasteiger partial charge in [-0.2, -0.15) is 0 Å². The first-order chi connectivity index (χ1) is 11.8. The molecule has 0 atom stereocenters. The first-order valence-corrected chi connectivity index (χ1v) is 8.40. The third-order valence-electron chi connectivity index (χ3n) is 4.48. The average molecular weight is 362 g/mol. The summed E-state index contributed by atoms with van der Waals surface area (Å²) in [7, 11) is 1.55. The van der Waals surface area contributed by atoms with Crippen molar-refractivity contribution in [1.82, 2.24) is 4.90 Å². The van der Waals surface area contributed by atoms with Crippen molar-refractivity contribution in [2.75, 3.05) is 7.11 Å². The molecule has 1 heterocycles. The number of benzene rings is 2. The van der Waals surface area contributed by atoms with E-state index in [1.165, 1.54) is 6.07 Å². The zero-order valence-electron chi connectivity index (χ0n) is 14.3. The molecule has 2 N–H and O–H groups in total. The van der Waals surface area contributed by atoms with Gasteiger partial charge in [-0.3, -0.25) is 4.79 Å². The van der Waals surface area contributed by atoms with E-state index in [1.807, 2.05) is 19.9 Å². The Balaban J connectivity index is 1.92. The first kappa shape index (κ1) is 17.4. The van der Waals surface area contributed by atoms with Gasteiger partial charge in [0.15, 0.2) is 0 Å². The molecule has 2 aromatic carbocycles. The Labute approximate surface area is 151 Å². The van der Waals surface area contributed by atoms with Crippen LogP contribution in [0.25, 0.3) is 0 Å². The Bertz CT molecular complexity index is 848. The summed E-state index contributed by atoms with van der Waals surface area (Å²) in [6, 6.07) is 6.43. The van der Waals surface area contributed by atoms with Crippen molar-refractivity contribution in [3.8, 4) is 17.2 Å². The third-order valence-corrected chi connectivity index (χ3v) is 4.78. The summed E-state index contributed by atoms with van der Waals surface area (Å²) in [5, 5.41) is 20.6. The van der Waals surface area contributed by atoms with Gasteiger partial charge >= 0.3 is 0 Å². The molecule has 0 saturated heterocycles. The number of nitrogens with zero attached hydrogens (tertiary/aromatic N) is 1. The second kappa shape index (κ2) is 6.48. The minimum absolute atomic E-state index is 0.00900. The van der Waals surface area contributed by atoms with Crippen molar-refractivity contribution in [3.05, 3.63) is 51.5 Å². The summed E-state index contributed by atoms with van der Waals surface area (Å²) in [5.41, 5.74) is 2.74. The topological polar surface area (TPSA) is 70.0 Å². The van der Waals surface area contributed by atoms with E-state index in [0.717, 1.165) is 11.1 Å². The fraction of sp³-hybridized carbons (Fsp3) is 0.316. The van der Waals surface area contributed by atoms with Gasteiger partial charge in [-0.05, 0) is 40.8 Å². The van der Waals surface area contributed by atoms with Crippen molar-refractivity contribution in [2.45, 2.75) is 32.9 Å². The highest BCUT2D eigenvalue weighted by Gasteiger charge is 2.28. The van der Waals surface area contributed by atoms with Gasteiger partial charge in [0.25, 0.3) is 5.91 Å². The normalized spacial score (nSPS) is 13.2. The zero-order chi connectivity index (χ0) is 18.3. The lowest BCUT2D eigenvalue weighted by atomic mass is 9.98. The monoisotopic (exact) mass is 361 g/mol. The maximum atomic E-state index is 12.9. The second-order valence-corrected chi connectivity index (χ2v) is 6.91. The highest BCUT2D eigenvalue weighted by atomic mass is 35.5. The van der Waals surface area contributed by atoms with E-state index in [0.29, 0.717) is 29.4 Å². The van der Waals surface area contributed by atoms with Crippen LogP contribution in [-0.4, -0.2) is 28.1 Å². The number of phenolic OH excluding ortho intramolecular Hbond substituents is 2. The van der Waals surface area contributed by atoms with Crippen LogP contribution in [0.5, 0.6) is 17.2 Å². The number of phenols is 2. The highest BCUT2D eigenvalue weighted by molar-refractivity contribution is 6.32. The minimum atomic E-state index is -0.286. The van der Waals surface area contributed by atoms with Crippen LogP contribution in [0.3, 0.4) is 0 Å². The average Bonchev–Trinajstić information content (AvgIpc) is 2.95. The maximum absolute atomic E-state index is 12.9. The van der Waals surface area contributed by atoms with Crippen LogP contribution in [0.15, 0.2) is 24.3 Å². The fourth-order valence-corrected chi connectivity index (χ4v) is 3.36. The predicted octanol–water partition coefficient (Wildman–Crippen LogP) is 4.04. The van der Waals surface area contributed by atoms with E-state index in [9.17, 15) is 15.0 Å². The van der Waals surface area contributed by atoms with Crippen molar-refractivity contribution >= 4 is 17.5 Å². The molecule has 0 aromatic heterocycles. The summed E-state index contributed by atoms with van der Waals surface area (Å²) in [5.74, 6) is 0.0877. The second-order valence-electron chi connectivity index (χ2n) is 6.50. The van der Waals surface area contributed by atoms with Crippen molar-refractivity contribution in [2.24, 2.45) is 0 Å². The number of halogens is 1. The standard InChI is InChI=1S/C19H20ClNO4/c1-10(2)13-6-14(17(23)7-16(13)22)19(24)21-8-11-4-15(20)18(25-3)5-12(11)9-21/h4-7,10,22-23H,8-9H2,1-3H3. The summed E-state index contributed by atoms with van der Waals surface area (Å²) >= 11 is 6.15. The number of hydrogen-bond donors (Lipinski definition) is 2. The van der Waals surface area contributed by atoms with E-state index in [2.05, 4.69) is 0 Å². The molecular formula is C19H20ClNO4. The number of aromatic hydroxyl groups is 2. The Morgan fingerprint density at radius 1 is 1.12 bits per heavy atom. The van der Waals surface area contributed by atoms with Gasteiger partial charge in [0, 0.05) is 19.2 Å². The Morgan fingerprint density at radius 2 is 1.76 bits per heavy atom. The van der Waals surface area contributed by atoms with E-state index in [4.69, 9.17) is 16.3 Å². The number of fused-ring (bicyclic) bond motifs is 1. The molecule has 0 radical (unpaired) electrons. The molecule has 2 aromatic rings. The largest absolute Gasteiger partial charge is 0.508 e. The highest BCUT2D eigenvalue weighted by Crippen LogP contribution is 2.36. The van der Waals surface area contributed by atoms with Gasteiger partial charge in [-0.1, -0.05) is 25.4 Å². The van der Waals surface area contributed by atoms with Gasteiger partial charge in [-0.25, -0.2) is 0 Å². The van der Waals surface area contributed by atoms with Crippen LogP contribution in [0, 0.1) is 0 Å². The third kappa shape index (κ3) is 3.12. The molecule has 25 heavy (non-hydrogen) atoms. The summed E-state index contributed by atoms with van der Waals surface area (Å²) in [6.07, 6.45) is 0. The molecule has 3 rings (SSSR count). The molecule has 0 fully saturated rings. The Morgan fingerprint density at radius 3 is 2.36 bits per heavy atom. The first-order valence-electron chi connectivity index (χ1n) is 8.02. The molecule has 5 nitrogen and oxygen atoms in total. The van der Waals surface area contributed by atoms with Crippen LogP contribution in [0.1, 0.15) is 46.8 Å². The number of ether oxygens (including phenoxy) is 1. The van der Waals surface area contributed by atoms with Gasteiger partial charge in [0.2, 0.25) is 0 Å². The quantitative estimate of drug-likeness (QED) is 0.865. The number of amides is 1. The van der Waals surface area contributed by atoms with Crippen LogP contribution in [-0.2, 0) is 13.1 Å². The van der Waals surface area contributed by atoms with E-state index < -0.39 is 0 Å². The SMILES string of the molecule is COc1cc2c(cc1Cl)CN(C(=O)c1cc(C(C)C)c(O)cc1O)C2. The Hall–Kier alpha value is -2.40.